The lowest BCUT2D eigenvalue weighted by Gasteiger charge is -2.11. The fraction of sp³-hybridized carbons (Fsp3) is 0.400. The van der Waals surface area contributed by atoms with Gasteiger partial charge in [0.1, 0.15) is 5.75 Å². The molecule has 0 bridgehead atoms. The van der Waals surface area contributed by atoms with Crippen LogP contribution in [0.1, 0.15) is 35.5 Å². The third kappa shape index (κ3) is 3.78. The first-order valence-electron chi connectivity index (χ1n) is 6.58. The van der Waals surface area contributed by atoms with Crippen LogP contribution in [0, 0.1) is 6.92 Å². The Morgan fingerprint density at radius 2 is 2.26 bits per heavy atom. The lowest BCUT2D eigenvalue weighted by molar-refractivity contribution is 0.322. The summed E-state index contributed by atoms with van der Waals surface area (Å²) in [6, 6.07) is 8.15. The zero-order valence-electron chi connectivity index (χ0n) is 11.4. The molecular weight excluding hydrogens is 256 g/mol. The van der Waals surface area contributed by atoms with Crippen molar-refractivity contribution in [1.82, 2.24) is 4.98 Å². The number of benzene rings is 1. The van der Waals surface area contributed by atoms with E-state index in [0.29, 0.717) is 6.61 Å². The van der Waals surface area contributed by atoms with Crippen molar-refractivity contribution in [3.05, 3.63) is 45.9 Å². The highest BCUT2D eigenvalue weighted by Gasteiger charge is 2.05. The SMILES string of the molecule is CCC(N)c1cccc(OCCc2scnc2C)c1. The minimum Gasteiger partial charge on any atom is -0.493 e. The van der Waals surface area contributed by atoms with E-state index in [1.807, 2.05) is 36.7 Å². The second-order valence-electron chi connectivity index (χ2n) is 4.55. The van der Waals surface area contributed by atoms with Crippen molar-refractivity contribution in [2.75, 3.05) is 6.61 Å². The van der Waals surface area contributed by atoms with Gasteiger partial charge in [0, 0.05) is 17.3 Å². The molecule has 0 aliphatic carbocycles. The molecule has 102 valence electrons. The van der Waals surface area contributed by atoms with Crippen molar-refractivity contribution >= 4 is 11.3 Å². The van der Waals surface area contributed by atoms with E-state index in [-0.39, 0.29) is 6.04 Å². The first-order valence-corrected chi connectivity index (χ1v) is 7.46. The Morgan fingerprint density at radius 1 is 1.42 bits per heavy atom. The molecule has 1 aromatic heterocycles. The molecule has 0 fully saturated rings. The van der Waals surface area contributed by atoms with Crippen LogP contribution >= 0.6 is 11.3 Å². The number of ether oxygens (including phenoxy) is 1. The average Bonchev–Trinajstić information content (AvgIpc) is 2.84. The topological polar surface area (TPSA) is 48.1 Å². The minimum absolute atomic E-state index is 0.0901. The Morgan fingerprint density at radius 3 is 2.95 bits per heavy atom. The van der Waals surface area contributed by atoms with E-state index in [0.717, 1.165) is 29.8 Å². The van der Waals surface area contributed by atoms with Crippen molar-refractivity contribution in [3.63, 3.8) is 0 Å². The highest BCUT2D eigenvalue weighted by atomic mass is 32.1. The Hall–Kier alpha value is -1.39. The summed E-state index contributed by atoms with van der Waals surface area (Å²) in [5.41, 5.74) is 10.1. The molecule has 4 heteroatoms. The van der Waals surface area contributed by atoms with Gasteiger partial charge in [-0.3, -0.25) is 0 Å². The van der Waals surface area contributed by atoms with Gasteiger partial charge in [-0.2, -0.15) is 0 Å². The van der Waals surface area contributed by atoms with E-state index in [2.05, 4.69) is 11.9 Å². The smallest absolute Gasteiger partial charge is 0.119 e. The summed E-state index contributed by atoms with van der Waals surface area (Å²) in [6.07, 6.45) is 1.84. The fourth-order valence-electron chi connectivity index (χ4n) is 1.90. The van der Waals surface area contributed by atoms with E-state index < -0.39 is 0 Å². The van der Waals surface area contributed by atoms with Crippen LogP contribution in [0.15, 0.2) is 29.8 Å². The minimum atomic E-state index is 0.0901. The fourth-order valence-corrected chi connectivity index (χ4v) is 2.66. The second kappa shape index (κ2) is 6.68. The van der Waals surface area contributed by atoms with Gasteiger partial charge in [0.2, 0.25) is 0 Å². The highest BCUT2D eigenvalue weighted by molar-refractivity contribution is 7.09. The number of rotatable bonds is 6. The Labute approximate surface area is 118 Å². The summed E-state index contributed by atoms with van der Waals surface area (Å²) < 4.78 is 5.79. The van der Waals surface area contributed by atoms with Crippen LogP contribution in [0.5, 0.6) is 5.75 Å². The van der Waals surface area contributed by atoms with E-state index in [1.165, 1.54) is 4.88 Å². The summed E-state index contributed by atoms with van der Waals surface area (Å²) >= 11 is 1.69. The summed E-state index contributed by atoms with van der Waals surface area (Å²) in [5.74, 6) is 0.892. The van der Waals surface area contributed by atoms with E-state index in [9.17, 15) is 0 Å². The molecule has 0 saturated heterocycles. The maximum Gasteiger partial charge on any atom is 0.119 e. The van der Waals surface area contributed by atoms with Gasteiger partial charge in [0.15, 0.2) is 0 Å². The molecule has 3 nitrogen and oxygen atoms in total. The lowest BCUT2D eigenvalue weighted by Crippen LogP contribution is -2.09. The summed E-state index contributed by atoms with van der Waals surface area (Å²) in [7, 11) is 0. The molecule has 2 rings (SSSR count). The Bertz CT molecular complexity index is 524. The third-order valence-corrected chi connectivity index (χ3v) is 4.16. The molecule has 19 heavy (non-hydrogen) atoms. The number of nitrogens with zero attached hydrogens (tertiary/aromatic N) is 1. The maximum atomic E-state index is 6.03. The van der Waals surface area contributed by atoms with Crippen LogP contribution in [-0.4, -0.2) is 11.6 Å². The molecule has 0 radical (unpaired) electrons. The van der Waals surface area contributed by atoms with Gasteiger partial charge in [0.25, 0.3) is 0 Å². The number of nitrogens with two attached hydrogens (primary N) is 1. The van der Waals surface area contributed by atoms with Gasteiger partial charge in [-0.05, 0) is 31.0 Å². The second-order valence-corrected chi connectivity index (χ2v) is 5.49. The van der Waals surface area contributed by atoms with E-state index in [1.54, 1.807) is 11.3 Å². The molecule has 1 heterocycles. The van der Waals surface area contributed by atoms with Crippen molar-refractivity contribution < 1.29 is 4.74 Å². The summed E-state index contributed by atoms with van der Waals surface area (Å²) in [4.78, 5) is 5.53. The van der Waals surface area contributed by atoms with Crippen LogP contribution < -0.4 is 10.5 Å². The van der Waals surface area contributed by atoms with Crippen LogP contribution in [0.2, 0.25) is 0 Å². The van der Waals surface area contributed by atoms with Gasteiger partial charge in [-0.15, -0.1) is 11.3 Å². The molecule has 0 aliphatic heterocycles. The molecule has 2 N–H and O–H groups in total. The van der Waals surface area contributed by atoms with E-state index in [4.69, 9.17) is 10.5 Å². The Balaban J connectivity index is 1.91. The van der Waals surface area contributed by atoms with Crippen LogP contribution in [0.25, 0.3) is 0 Å². The quantitative estimate of drug-likeness (QED) is 0.878. The zero-order chi connectivity index (χ0) is 13.7. The van der Waals surface area contributed by atoms with Crippen molar-refractivity contribution in [2.45, 2.75) is 32.7 Å². The highest BCUT2D eigenvalue weighted by Crippen LogP contribution is 2.20. The zero-order valence-corrected chi connectivity index (χ0v) is 12.2. The first-order chi connectivity index (χ1) is 9.20. The lowest BCUT2D eigenvalue weighted by atomic mass is 10.1. The van der Waals surface area contributed by atoms with Crippen LogP contribution in [-0.2, 0) is 6.42 Å². The third-order valence-electron chi connectivity index (χ3n) is 3.17. The van der Waals surface area contributed by atoms with Crippen molar-refractivity contribution in [1.29, 1.82) is 0 Å². The number of aromatic nitrogens is 1. The number of hydrogen-bond acceptors (Lipinski definition) is 4. The molecule has 0 amide bonds. The molecule has 0 aliphatic rings. The summed E-state index contributed by atoms with van der Waals surface area (Å²) in [5, 5.41) is 0. The van der Waals surface area contributed by atoms with Crippen LogP contribution in [0.3, 0.4) is 0 Å². The van der Waals surface area contributed by atoms with Crippen LogP contribution in [0.4, 0.5) is 0 Å². The number of hydrogen-bond donors (Lipinski definition) is 1. The molecule has 0 saturated carbocycles. The van der Waals surface area contributed by atoms with Gasteiger partial charge >= 0.3 is 0 Å². The standard InChI is InChI=1S/C15H20N2OS/c1-3-14(16)12-5-4-6-13(9-12)18-8-7-15-11(2)17-10-19-15/h4-6,9-10,14H,3,7-8,16H2,1-2H3. The van der Waals surface area contributed by atoms with Gasteiger partial charge < -0.3 is 10.5 Å². The molecule has 1 aromatic carbocycles. The van der Waals surface area contributed by atoms with Crippen molar-refractivity contribution in [2.24, 2.45) is 5.73 Å². The van der Waals surface area contributed by atoms with Gasteiger partial charge in [0.05, 0.1) is 17.8 Å². The Kier molecular flexibility index (Phi) is 4.93. The molecule has 0 spiro atoms. The largest absolute Gasteiger partial charge is 0.493 e. The number of aryl methyl sites for hydroxylation is 1. The molecular formula is C15H20N2OS. The first kappa shape index (κ1) is 14.0. The van der Waals surface area contributed by atoms with Crippen molar-refractivity contribution in [3.8, 4) is 5.75 Å². The predicted molar refractivity (Wildman–Crippen MR) is 79.7 cm³/mol. The normalized spacial score (nSPS) is 12.4. The van der Waals surface area contributed by atoms with E-state index >= 15 is 0 Å². The van der Waals surface area contributed by atoms with Gasteiger partial charge in [-0.1, -0.05) is 19.1 Å². The molecule has 1 atom stereocenters. The predicted octanol–water partition coefficient (Wildman–Crippen LogP) is 3.48. The monoisotopic (exact) mass is 276 g/mol. The number of thiazole rings is 1. The summed E-state index contributed by atoms with van der Waals surface area (Å²) in [6.45, 7) is 4.80. The van der Waals surface area contributed by atoms with Gasteiger partial charge in [-0.25, -0.2) is 4.98 Å². The maximum absolute atomic E-state index is 6.03. The molecule has 2 aromatic rings. The average molecular weight is 276 g/mol. The molecule has 1 unspecified atom stereocenters.